The molecule has 0 aliphatic heterocycles. The standard InChI is InChI=1S/C14H26O3.C10H20O/c1-9(2)8-12-11(6-7-13(12)16-4)10(3)14(15)17-5;1-8(2)7-9-5-4-6-10(9)11-3/h9-13H,6-8H2,1-5H3;8-10H,4-7H2,1-3H3. The molecule has 0 bridgehead atoms. The van der Waals surface area contributed by atoms with E-state index in [4.69, 9.17) is 14.2 Å². The Morgan fingerprint density at radius 2 is 1.43 bits per heavy atom. The SMILES string of the molecule is COC(=O)C(C)C1CCC(OC)C1CC(C)C.COC1CCCC1CC(C)C. The first-order valence-electron chi connectivity index (χ1n) is 11.4. The van der Waals surface area contributed by atoms with Crippen LogP contribution in [0.5, 0.6) is 0 Å². The summed E-state index contributed by atoms with van der Waals surface area (Å²) in [6, 6.07) is 0. The molecule has 6 atom stereocenters. The summed E-state index contributed by atoms with van der Waals surface area (Å²) < 4.78 is 15.9. The molecule has 0 aromatic heterocycles. The van der Waals surface area contributed by atoms with Crippen LogP contribution in [0.3, 0.4) is 0 Å². The molecule has 0 heterocycles. The topological polar surface area (TPSA) is 44.8 Å². The van der Waals surface area contributed by atoms with Gasteiger partial charge in [-0.3, -0.25) is 4.79 Å². The van der Waals surface area contributed by atoms with Gasteiger partial charge in [-0.25, -0.2) is 0 Å². The first-order valence-corrected chi connectivity index (χ1v) is 11.4. The van der Waals surface area contributed by atoms with Crippen LogP contribution in [0.1, 0.15) is 79.6 Å². The van der Waals surface area contributed by atoms with Gasteiger partial charge in [0.2, 0.25) is 0 Å². The van der Waals surface area contributed by atoms with E-state index >= 15 is 0 Å². The van der Waals surface area contributed by atoms with Gasteiger partial charge in [-0.2, -0.15) is 0 Å². The third-order valence-electron chi connectivity index (χ3n) is 6.74. The molecule has 0 saturated heterocycles. The van der Waals surface area contributed by atoms with Gasteiger partial charge in [0.1, 0.15) is 0 Å². The average molecular weight is 399 g/mol. The Hall–Kier alpha value is -0.610. The number of hydrogen-bond acceptors (Lipinski definition) is 4. The molecule has 0 aromatic rings. The predicted molar refractivity (Wildman–Crippen MR) is 115 cm³/mol. The van der Waals surface area contributed by atoms with Crippen molar-refractivity contribution in [1.29, 1.82) is 0 Å². The zero-order chi connectivity index (χ0) is 21.3. The Balaban J connectivity index is 0.000000307. The van der Waals surface area contributed by atoms with Gasteiger partial charge in [0, 0.05) is 14.2 Å². The number of hydrogen-bond donors (Lipinski definition) is 0. The van der Waals surface area contributed by atoms with Crippen LogP contribution in [-0.4, -0.2) is 39.5 Å². The van der Waals surface area contributed by atoms with Crippen molar-refractivity contribution in [2.75, 3.05) is 21.3 Å². The van der Waals surface area contributed by atoms with Crippen molar-refractivity contribution >= 4 is 5.97 Å². The van der Waals surface area contributed by atoms with Gasteiger partial charge in [-0.1, -0.05) is 41.0 Å². The number of esters is 1. The van der Waals surface area contributed by atoms with Crippen LogP contribution in [0.4, 0.5) is 0 Å². The Kier molecular flexibility index (Phi) is 11.7. The van der Waals surface area contributed by atoms with E-state index in [2.05, 4.69) is 27.7 Å². The summed E-state index contributed by atoms with van der Waals surface area (Å²) in [5, 5.41) is 0. The maximum atomic E-state index is 11.7. The molecule has 2 rings (SSSR count). The highest BCUT2D eigenvalue weighted by molar-refractivity contribution is 5.72. The monoisotopic (exact) mass is 398 g/mol. The lowest BCUT2D eigenvalue weighted by Crippen LogP contribution is -2.30. The highest BCUT2D eigenvalue weighted by Gasteiger charge is 2.41. The lowest BCUT2D eigenvalue weighted by Gasteiger charge is -2.28. The second-order valence-electron chi connectivity index (χ2n) is 9.72. The highest BCUT2D eigenvalue weighted by atomic mass is 16.5. The van der Waals surface area contributed by atoms with Gasteiger partial charge in [0.05, 0.1) is 25.2 Å². The minimum absolute atomic E-state index is 0.0103. The molecule has 2 fully saturated rings. The molecule has 4 nitrogen and oxygen atoms in total. The Morgan fingerprint density at radius 1 is 0.821 bits per heavy atom. The molecule has 0 spiro atoms. The maximum absolute atomic E-state index is 11.7. The molecular weight excluding hydrogens is 352 g/mol. The molecule has 2 aliphatic rings. The first kappa shape index (κ1) is 25.4. The largest absolute Gasteiger partial charge is 0.469 e. The Bertz CT molecular complexity index is 434. The van der Waals surface area contributed by atoms with Crippen molar-refractivity contribution in [2.24, 2.45) is 35.5 Å². The number of ether oxygens (including phenoxy) is 3. The van der Waals surface area contributed by atoms with Crippen LogP contribution in [0.25, 0.3) is 0 Å². The van der Waals surface area contributed by atoms with Gasteiger partial charge >= 0.3 is 5.97 Å². The van der Waals surface area contributed by atoms with E-state index in [-0.39, 0.29) is 11.9 Å². The van der Waals surface area contributed by atoms with E-state index in [0.29, 0.717) is 30.0 Å². The van der Waals surface area contributed by atoms with E-state index in [9.17, 15) is 4.79 Å². The third-order valence-corrected chi connectivity index (χ3v) is 6.74. The summed E-state index contributed by atoms with van der Waals surface area (Å²) in [6.07, 6.45) is 9.54. The summed E-state index contributed by atoms with van der Waals surface area (Å²) in [6.45, 7) is 11.0. The number of carbonyl (C=O) groups excluding carboxylic acids is 1. The summed E-state index contributed by atoms with van der Waals surface area (Å²) in [5.41, 5.74) is 0. The highest BCUT2D eigenvalue weighted by Crippen LogP contribution is 2.42. The van der Waals surface area contributed by atoms with Crippen molar-refractivity contribution in [3.8, 4) is 0 Å². The Morgan fingerprint density at radius 3 is 1.93 bits per heavy atom. The van der Waals surface area contributed by atoms with E-state index < -0.39 is 0 Å². The summed E-state index contributed by atoms with van der Waals surface area (Å²) >= 11 is 0. The minimum Gasteiger partial charge on any atom is -0.469 e. The second kappa shape index (κ2) is 12.8. The van der Waals surface area contributed by atoms with Gasteiger partial charge in [0.25, 0.3) is 0 Å². The third kappa shape index (κ3) is 7.67. The minimum atomic E-state index is -0.0829. The first-order chi connectivity index (χ1) is 13.2. The van der Waals surface area contributed by atoms with E-state index in [1.165, 1.54) is 32.8 Å². The van der Waals surface area contributed by atoms with E-state index in [1.54, 1.807) is 7.11 Å². The van der Waals surface area contributed by atoms with Crippen LogP contribution in [0.2, 0.25) is 0 Å². The molecule has 2 saturated carbocycles. The fourth-order valence-electron chi connectivity index (χ4n) is 5.39. The molecule has 166 valence electrons. The van der Waals surface area contributed by atoms with Crippen molar-refractivity contribution < 1.29 is 19.0 Å². The smallest absolute Gasteiger partial charge is 0.308 e. The summed E-state index contributed by atoms with van der Waals surface area (Å²) in [5.74, 6) is 3.13. The maximum Gasteiger partial charge on any atom is 0.308 e. The lowest BCUT2D eigenvalue weighted by atomic mass is 9.80. The van der Waals surface area contributed by atoms with Crippen LogP contribution < -0.4 is 0 Å². The van der Waals surface area contributed by atoms with Gasteiger partial charge in [-0.15, -0.1) is 0 Å². The van der Waals surface area contributed by atoms with Crippen LogP contribution in [0, 0.1) is 35.5 Å². The summed E-state index contributed by atoms with van der Waals surface area (Å²) in [4.78, 5) is 11.7. The molecule has 0 amide bonds. The average Bonchev–Trinajstić information content (AvgIpc) is 3.26. The van der Waals surface area contributed by atoms with Gasteiger partial charge in [0.15, 0.2) is 0 Å². The fraction of sp³-hybridized carbons (Fsp3) is 0.958. The van der Waals surface area contributed by atoms with Crippen LogP contribution in [0.15, 0.2) is 0 Å². The number of rotatable bonds is 8. The Labute approximate surface area is 174 Å². The molecule has 6 unspecified atom stereocenters. The molecule has 0 aromatic carbocycles. The molecular formula is C24H46O4. The lowest BCUT2D eigenvalue weighted by molar-refractivity contribution is -0.147. The molecule has 4 heteroatoms. The predicted octanol–water partition coefficient (Wildman–Crippen LogP) is 5.73. The molecule has 0 radical (unpaired) electrons. The zero-order valence-corrected chi connectivity index (χ0v) is 19.7. The summed E-state index contributed by atoms with van der Waals surface area (Å²) in [7, 11) is 5.10. The van der Waals surface area contributed by atoms with Gasteiger partial charge in [-0.05, 0) is 68.1 Å². The van der Waals surface area contributed by atoms with Crippen molar-refractivity contribution in [1.82, 2.24) is 0 Å². The van der Waals surface area contributed by atoms with Crippen molar-refractivity contribution in [2.45, 2.75) is 91.8 Å². The van der Waals surface area contributed by atoms with E-state index in [0.717, 1.165) is 31.1 Å². The van der Waals surface area contributed by atoms with Crippen LogP contribution in [-0.2, 0) is 19.0 Å². The quantitative estimate of drug-likeness (QED) is 0.490. The number of carbonyl (C=O) groups is 1. The van der Waals surface area contributed by atoms with Crippen molar-refractivity contribution in [3.63, 3.8) is 0 Å². The number of methoxy groups -OCH3 is 3. The normalized spacial score (nSPS) is 31.0. The molecule has 28 heavy (non-hydrogen) atoms. The van der Waals surface area contributed by atoms with E-state index in [1.807, 2.05) is 14.0 Å². The van der Waals surface area contributed by atoms with Gasteiger partial charge < -0.3 is 14.2 Å². The second-order valence-corrected chi connectivity index (χ2v) is 9.72. The van der Waals surface area contributed by atoms with Crippen molar-refractivity contribution in [3.05, 3.63) is 0 Å². The molecule has 0 N–H and O–H groups in total. The fourth-order valence-corrected chi connectivity index (χ4v) is 5.39. The zero-order valence-electron chi connectivity index (χ0n) is 19.7. The van der Waals surface area contributed by atoms with Crippen LogP contribution >= 0.6 is 0 Å². The molecule has 2 aliphatic carbocycles.